The summed E-state index contributed by atoms with van der Waals surface area (Å²) in [5.41, 5.74) is 3.33. The highest BCUT2D eigenvalue weighted by molar-refractivity contribution is 9.10. The zero-order valence-electron chi connectivity index (χ0n) is 17.8. The summed E-state index contributed by atoms with van der Waals surface area (Å²) in [6, 6.07) is 28.6. The zero-order valence-corrected chi connectivity index (χ0v) is 20.3. The molecule has 170 valence electrons. The average Bonchev–Trinajstić information content (AvgIpc) is 2.81. The smallest absolute Gasteiger partial charge is 0.108 e. The predicted octanol–water partition coefficient (Wildman–Crippen LogP) is 5.41. The van der Waals surface area contributed by atoms with Gasteiger partial charge >= 0.3 is 0 Å². The highest BCUT2D eigenvalue weighted by atomic mass is 79.9. The second-order valence-corrected chi connectivity index (χ2v) is 8.77. The molecule has 3 aromatic rings. The van der Waals surface area contributed by atoms with E-state index < -0.39 is 6.10 Å². The fourth-order valence-corrected chi connectivity index (χ4v) is 4.21. The van der Waals surface area contributed by atoms with Crippen molar-refractivity contribution >= 4 is 28.3 Å². The lowest BCUT2D eigenvalue weighted by molar-refractivity contribution is -0.0574. The lowest BCUT2D eigenvalue weighted by Gasteiger charge is -2.34. The molecular weight excluding hydrogens is 490 g/mol. The number of ether oxygens (including phenoxy) is 2. The van der Waals surface area contributed by atoms with E-state index in [1.807, 2.05) is 48.5 Å². The summed E-state index contributed by atoms with van der Waals surface area (Å²) >= 11 is 3.48. The molecular formula is C26H29BrClNO3. The largest absolute Gasteiger partial charge is 0.389 e. The Balaban J connectivity index is 0.00000289. The first-order valence-electron chi connectivity index (χ1n) is 10.7. The molecule has 32 heavy (non-hydrogen) atoms. The number of hydrogen-bond donors (Lipinski definition) is 1. The molecule has 6 heteroatoms. The monoisotopic (exact) mass is 517 g/mol. The highest BCUT2D eigenvalue weighted by Gasteiger charge is 2.24. The minimum Gasteiger partial charge on any atom is -0.389 e. The van der Waals surface area contributed by atoms with Gasteiger partial charge in [-0.05, 0) is 28.8 Å². The van der Waals surface area contributed by atoms with Crippen LogP contribution in [0.1, 0.15) is 28.9 Å². The molecule has 1 fully saturated rings. The van der Waals surface area contributed by atoms with Gasteiger partial charge in [-0.15, -0.1) is 12.4 Å². The van der Waals surface area contributed by atoms with Gasteiger partial charge in [0.15, 0.2) is 0 Å². The molecule has 0 saturated carbocycles. The summed E-state index contributed by atoms with van der Waals surface area (Å²) in [6.07, 6.45) is -0.743. The fraction of sp³-hybridized carbons (Fsp3) is 0.308. The number of morpholine rings is 1. The normalized spacial score (nSPS) is 17.7. The van der Waals surface area contributed by atoms with Crippen LogP contribution in [0, 0.1) is 0 Å². The first-order chi connectivity index (χ1) is 15.2. The molecule has 1 saturated heterocycles. The first kappa shape index (κ1) is 24.9. The van der Waals surface area contributed by atoms with E-state index in [0.29, 0.717) is 13.2 Å². The lowest BCUT2D eigenvalue weighted by atomic mass is 10.0. The van der Waals surface area contributed by atoms with Crippen LogP contribution in [-0.4, -0.2) is 49.0 Å². The quantitative estimate of drug-likeness (QED) is 0.433. The number of rotatable bonds is 8. The van der Waals surface area contributed by atoms with Crippen molar-refractivity contribution in [2.75, 3.05) is 32.8 Å². The van der Waals surface area contributed by atoms with Crippen LogP contribution >= 0.6 is 28.3 Å². The lowest BCUT2D eigenvalue weighted by Crippen LogP contribution is -2.43. The molecule has 4 nitrogen and oxygen atoms in total. The summed E-state index contributed by atoms with van der Waals surface area (Å²) in [5, 5.41) is 10.7. The van der Waals surface area contributed by atoms with Crippen molar-refractivity contribution < 1.29 is 14.6 Å². The Labute approximate surface area is 204 Å². The molecule has 0 amide bonds. The number of halogens is 2. The van der Waals surface area contributed by atoms with Crippen molar-refractivity contribution in [2.24, 2.45) is 0 Å². The van der Waals surface area contributed by atoms with Gasteiger partial charge in [0.05, 0.1) is 25.4 Å². The van der Waals surface area contributed by atoms with Gasteiger partial charge in [0, 0.05) is 24.1 Å². The van der Waals surface area contributed by atoms with Crippen molar-refractivity contribution in [1.29, 1.82) is 0 Å². The Morgan fingerprint density at radius 2 is 1.53 bits per heavy atom. The van der Waals surface area contributed by atoms with E-state index in [4.69, 9.17) is 9.47 Å². The molecule has 3 aromatic carbocycles. The molecule has 0 aromatic heterocycles. The molecule has 1 heterocycles. The topological polar surface area (TPSA) is 41.9 Å². The molecule has 4 rings (SSSR count). The molecule has 2 unspecified atom stereocenters. The third-order valence-electron chi connectivity index (χ3n) is 5.52. The molecule has 0 radical (unpaired) electrons. The highest BCUT2D eigenvalue weighted by Crippen LogP contribution is 2.27. The second kappa shape index (κ2) is 12.5. The molecule has 0 bridgehead atoms. The number of nitrogens with zero attached hydrogens (tertiary/aromatic N) is 1. The summed E-state index contributed by atoms with van der Waals surface area (Å²) in [6.45, 7) is 3.07. The number of β-amino-alcohol motifs (C(OH)–C–C–N with tert-alkyl or cyclic N) is 1. The molecule has 1 aliphatic rings. The summed E-state index contributed by atoms with van der Waals surface area (Å²) in [7, 11) is 0. The van der Waals surface area contributed by atoms with Gasteiger partial charge in [0.2, 0.25) is 0 Å². The number of benzene rings is 3. The average molecular weight is 519 g/mol. The van der Waals surface area contributed by atoms with Crippen molar-refractivity contribution in [3.63, 3.8) is 0 Å². The van der Waals surface area contributed by atoms with Crippen molar-refractivity contribution in [3.05, 3.63) is 106 Å². The van der Waals surface area contributed by atoms with E-state index in [1.165, 1.54) is 0 Å². The minimum atomic E-state index is -0.571. The van der Waals surface area contributed by atoms with Crippen molar-refractivity contribution in [1.82, 2.24) is 4.90 Å². The van der Waals surface area contributed by atoms with E-state index in [0.717, 1.165) is 34.3 Å². The molecule has 0 aliphatic carbocycles. The van der Waals surface area contributed by atoms with Gasteiger partial charge in [-0.1, -0.05) is 88.7 Å². The van der Waals surface area contributed by atoms with Gasteiger partial charge in [-0.2, -0.15) is 0 Å². The number of hydrogen-bond acceptors (Lipinski definition) is 4. The third kappa shape index (κ3) is 6.88. The number of aliphatic hydroxyl groups excluding tert-OH is 1. The van der Waals surface area contributed by atoms with Gasteiger partial charge in [0.25, 0.3) is 0 Å². The molecule has 1 N–H and O–H groups in total. The van der Waals surface area contributed by atoms with Gasteiger partial charge in [-0.3, -0.25) is 4.90 Å². The van der Waals surface area contributed by atoms with E-state index >= 15 is 0 Å². The van der Waals surface area contributed by atoms with Gasteiger partial charge in [0.1, 0.15) is 6.10 Å². The SMILES string of the molecule is Cl.OC(COC(c1ccccc1)c1ccccc1)CN1CCOC(c2ccc(Br)cc2)C1. The third-order valence-corrected chi connectivity index (χ3v) is 6.05. The van der Waals surface area contributed by atoms with Crippen LogP contribution in [0.3, 0.4) is 0 Å². The minimum absolute atomic E-state index is 0. The number of aliphatic hydroxyl groups is 1. The Morgan fingerprint density at radius 1 is 0.938 bits per heavy atom. The second-order valence-electron chi connectivity index (χ2n) is 7.86. The van der Waals surface area contributed by atoms with E-state index in [9.17, 15) is 5.11 Å². The molecule has 1 aliphatic heterocycles. The van der Waals surface area contributed by atoms with Crippen LogP contribution in [0.15, 0.2) is 89.4 Å². The van der Waals surface area contributed by atoms with Crippen molar-refractivity contribution in [2.45, 2.75) is 18.3 Å². The van der Waals surface area contributed by atoms with Crippen LogP contribution < -0.4 is 0 Å². The van der Waals surface area contributed by atoms with Crippen LogP contribution in [0.5, 0.6) is 0 Å². The predicted molar refractivity (Wildman–Crippen MR) is 133 cm³/mol. The van der Waals surface area contributed by atoms with E-state index in [1.54, 1.807) is 0 Å². The molecule has 2 atom stereocenters. The maximum absolute atomic E-state index is 10.7. The Kier molecular flexibility index (Phi) is 9.72. The van der Waals surface area contributed by atoms with E-state index in [-0.39, 0.29) is 31.2 Å². The van der Waals surface area contributed by atoms with Crippen LogP contribution in [0.25, 0.3) is 0 Å². The maximum atomic E-state index is 10.7. The Bertz CT molecular complexity index is 887. The van der Waals surface area contributed by atoms with Crippen molar-refractivity contribution in [3.8, 4) is 0 Å². The standard InChI is InChI=1S/C26H28BrNO3.ClH/c27-23-13-11-20(12-14-23)25-18-28(15-16-30-25)17-24(29)19-31-26(21-7-3-1-4-8-21)22-9-5-2-6-10-22;/h1-14,24-26,29H,15-19H2;1H. The fourth-order valence-electron chi connectivity index (χ4n) is 3.95. The summed E-state index contributed by atoms with van der Waals surface area (Å²) < 4.78 is 13.2. The summed E-state index contributed by atoms with van der Waals surface area (Å²) in [5.74, 6) is 0. The summed E-state index contributed by atoms with van der Waals surface area (Å²) in [4.78, 5) is 2.25. The zero-order chi connectivity index (χ0) is 21.5. The Morgan fingerprint density at radius 3 is 2.12 bits per heavy atom. The van der Waals surface area contributed by atoms with Crippen LogP contribution in [-0.2, 0) is 9.47 Å². The van der Waals surface area contributed by atoms with Gasteiger partial charge < -0.3 is 14.6 Å². The van der Waals surface area contributed by atoms with Gasteiger partial charge in [-0.25, -0.2) is 0 Å². The first-order valence-corrected chi connectivity index (χ1v) is 11.5. The van der Waals surface area contributed by atoms with Crippen LogP contribution in [0.2, 0.25) is 0 Å². The molecule has 0 spiro atoms. The van der Waals surface area contributed by atoms with Crippen LogP contribution in [0.4, 0.5) is 0 Å². The Hall–Kier alpha value is -1.73. The maximum Gasteiger partial charge on any atom is 0.108 e. The van der Waals surface area contributed by atoms with E-state index in [2.05, 4.69) is 57.2 Å².